The maximum absolute atomic E-state index is 11.4. The van der Waals surface area contributed by atoms with Crippen molar-refractivity contribution in [1.82, 2.24) is 10.6 Å². The van der Waals surface area contributed by atoms with Crippen molar-refractivity contribution in [3.8, 4) is 0 Å². The molecule has 1 heterocycles. The van der Waals surface area contributed by atoms with Gasteiger partial charge in [0.05, 0.1) is 12.3 Å². The summed E-state index contributed by atoms with van der Waals surface area (Å²) in [5, 5.41) is 7.17. The van der Waals surface area contributed by atoms with Crippen LogP contribution < -0.4 is 10.6 Å². The molecule has 0 bridgehead atoms. The second-order valence-electron chi connectivity index (χ2n) is 5.46. The van der Waals surface area contributed by atoms with Crippen molar-refractivity contribution in [1.29, 1.82) is 0 Å². The molecule has 0 aromatic rings. The number of nitrogens with one attached hydrogen (secondary N) is 2. The van der Waals surface area contributed by atoms with Crippen LogP contribution in [0.25, 0.3) is 0 Å². The van der Waals surface area contributed by atoms with Gasteiger partial charge in [0, 0.05) is 18.5 Å². The van der Waals surface area contributed by atoms with Crippen LogP contribution in [0.4, 0.5) is 0 Å². The van der Waals surface area contributed by atoms with Crippen LogP contribution in [0.5, 0.6) is 0 Å². The lowest BCUT2D eigenvalue weighted by Crippen LogP contribution is -2.36. The second-order valence-corrected chi connectivity index (χ2v) is 5.46. The van der Waals surface area contributed by atoms with Gasteiger partial charge in [-0.25, -0.2) is 0 Å². The van der Waals surface area contributed by atoms with E-state index in [0.29, 0.717) is 24.7 Å². The van der Waals surface area contributed by atoms with Crippen molar-refractivity contribution in [2.24, 2.45) is 0 Å². The molecule has 4 heteroatoms. The molecular formula is C13H24N2O2. The Labute approximate surface area is 103 Å². The zero-order chi connectivity index (χ0) is 12.3. The van der Waals surface area contributed by atoms with Gasteiger partial charge < -0.3 is 4.74 Å². The molecule has 0 aromatic heterocycles. The van der Waals surface area contributed by atoms with E-state index in [1.165, 1.54) is 25.7 Å². The Morgan fingerprint density at radius 2 is 1.82 bits per heavy atom. The van der Waals surface area contributed by atoms with Crippen LogP contribution in [-0.2, 0) is 9.53 Å². The number of hydrogen-bond acceptors (Lipinski definition) is 4. The SMILES string of the molecule is CC(C)OC(=O)CCC1NC2CCCCC2N1. The molecule has 0 aromatic carbocycles. The smallest absolute Gasteiger partial charge is 0.306 e. The minimum atomic E-state index is -0.0847. The van der Waals surface area contributed by atoms with E-state index in [2.05, 4.69) is 10.6 Å². The average Bonchev–Trinajstić information content (AvgIpc) is 2.68. The van der Waals surface area contributed by atoms with Gasteiger partial charge in [-0.2, -0.15) is 0 Å². The molecule has 17 heavy (non-hydrogen) atoms. The molecule has 98 valence electrons. The highest BCUT2D eigenvalue weighted by Crippen LogP contribution is 2.23. The summed E-state index contributed by atoms with van der Waals surface area (Å²) in [6, 6.07) is 1.24. The number of rotatable bonds is 4. The minimum absolute atomic E-state index is 0.00502. The highest BCUT2D eigenvalue weighted by molar-refractivity contribution is 5.69. The average molecular weight is 240 g/mol. The standard InChI is InChI=1S/C13H24N2O2/c1-9(2)17-13(16)8-7-12-14-10-5-3-4-6-11(10)15-12/h9-12,14-15H,3-8H2,1-2H3. The van der Waals surface area contributed by atoms with E-state index in [9.17, 15) is 4.79 Å². The molecule has 2 unspecified atom stereocenters. The Morgan fingerprint density at radius 1 is 1.24 bits per heavy atom. The molecule has 0 spiro atoms. The molecule has 4 nitrogen and oxygen atoms in total. The Balaban J connectivity index is 1.69. The molecule has 2 atom stereocenters. The summed E-state index contributed by atoms with van der Waals surface area (Å²) in [7, 11) is 0. The van der Waals surface area contributed by atoms with Crippen LogP contribution in [0.3, 0.4) is 0 Å². The maximum Gasteiger partial charge on any atom is 0.306 e. The van der Waals surface area contributed by atoms with Gasteiger partial charge in [-0.15, -0.1) is 0 Å². The van der Waals surface area contributed by atoms with Gasteiger partial charge in [0.1, 0.15) is 0 Å². The monoisotopic (exact) mass is 240 g/mol. The Hall–Kier alpha value is -0.610. The third kappa shape index (κ3) is 3.68. The molecule has 0 radical (unpaired) electrons. The van der Waals surface area contributed by atoms with E-state index in [4.69, 9.17) is 4.74 Å². The molecule has 1 aliphatic heterocycles. The number of hydrogen-bond donors (Lipinski definition) is 2. The first-order valence-corrected chi connectivity index (χ1v) is 6.86. The number of carbonyl (C=O) groups is 1. The molecule has 1 aliphatic carbocycles. The molecule has 2 aliphatic rings. The van der Waals surface area contributed by atoms with Crippen molar-refractivity contribution in [3.63, 3.8) is 0 Å². The lowest BCUT2D eigenvalue weighted by Gasteiger charge is -2.23. The predicted octanol–water partition coefficient (Wildman–Crippen LogP) is 1.55. The van der Waals surface area contributed by atoms with Crippen LogP contribution >= 0.6 is 0 Å². The first-order chi connectivity index (χ1) is 8.15. The van der Waals surface area contributed by atoms with E-state index in [1.807, 2.05) is 13.8 Å². The zero-order valence-corrected chi connectivity index (χ0v) is 10.9. The lowest BCUT2D eigenvalue weighted by atomic mass is 9.92. The molecule has 1 saturated carbocycles. The molecule has 2 fully saturated rings. The van der Waals surface area contributed by atoms with E-state index in [0.717, 1.165) is 6.42 Å². The molecule has 2 rings (SSSR count). The molecule has 0 amide bonds. The third-order valence-corrected chi connectivity index (χ3v) is 3.60. The van der Waals surface area contributed by atoms with Crippen LogP contribution in [0.2, 0.25) is 0 Å². The summed E-state index contributed by atoms with van der Waals surface area (Å²) in [4.78, 5) is 11.4. The van der Waals surface area contributed by atoms with Gasteiger partial charge in [0.2, 0.25) is 0 Å². The summed E-state index contributed by atoms with van der Waals surface area (Å²) < 4.78 is 5.13. The lowest BCUT2D eigenvalue weighted by molar-refractivity contribution is -0.147. The Kier molecular flexibility index (Phi) is 4.40. The second kappa shape index (κ2) is 5.83. The molecule has 1 saturated heterocycles. The zero-order valence-electron chi connectivity index (χ0n) is 10.9. The summed E-state index contributed by atoms with van der Waals surface area (Å²) in [6.45, 7) is 3.77. The molecular weight excluding hydrogens is 216 g/mol. The van der Waals surface area contributed by atoms with Crippen LogP contribution in [0.1, 0.15) is 52.4 Å². The van der Waals surface area contributed by atoms with Crippen molar-refractivity contribution in [3.05, 3.63) is 0 Å². The van der Waals surface area contributed by atoms with Gasteiger partial charge in [0.25, 0.3) is 0 Å². The summed E-state index contributed by atoms with van der Waals surface area (Å²) >= 11 is 0. The van der Waals surface area contributed by atoms with Gasteiger partial charge in [-0.05, 0) is 33.1 Å². The summed E-state index contributed by atoms with van der Waals surface area (Å²) in [6.07, 6.45) is 6.82. The molecule has 2 N–H and O–H groups in total. The van der Waals surface area contributed by atoms with Gasteiger partial charge >= 0.3 is 5.97 Å². The van der Waals surface area contributed by atoms with Crippen molar-refractivity contribution in [2.45, 2.75) is 76.7 Å². The summed E-state index contributed by atoms with van der Waals surface area (Å²) in [5.74, 6) is -0.0847. The van der Waals surface area contributed by atoms with E-state index in [1.54, 1.807) is 0 Å². The Morgan fingerprint density at radius 3 is 2.35 bits per heavy atom. The van der Waals surface area contributed by atoms with E-state index in [-0.39, 0.29) is 12.1 Å². The largest absolute Gasteiger partial charge is 0.463 e. The maximum atomic E-state index is 11.4. The van der Waals surface area contributed by atoms with E-state index < -0.39 is 0 Å². The minimum Gasteiger partial charge on any atom is -0.463 e. The van der Waals surface area contributed by atoms with E-state index >= 15 is 0 Å². The first kappa shape index (κ1) is 12.8. The number of fused-ring (bicyclic) bond motifs is 1. The fraction of sp³-hybridized carbons (Fsp3) is 0.923. The van der Waals surface area contributed by atoms with Crippen molar-refractivity contribution in [2.75, 3.05) is 0 Å². The van der Waals surface area contributed by atoms with Crippen LogP contribution in [0, 0.1) is 0 Å². The van der Waals surface area contributed by atoms with Crippen molar-refractivity contribution < 1.29 is 9.53 Å². The van der Waals surface area contributed by atoms with Crippen LogP contribution in [-0.4, -0.2) is 30.3 Å². The number of ether oxygens (including phenoxy) is 1. The number of carbonyl (C=O) groups excluding carboxylic acids is 1. The van der Waals surface area contributed by atoms with Crippen molar-refractivity contribution >= 4 is 5.97 Å². The highest BCUT2D eigenvalue weighted by Gasteiger charge is 2.34. The quantitative estimate of drug-likeness (QED) is 0.732. The summed E-state index contributed by atoms with van der Waals surface area (Å²) in [5.41, 5.74) is 0. The van der Waals surface area contributed by atoms with Gasteiger partial charge in [-0.3, -0.25) is 15.4 Å². The van der Waals surface area contributed by atoms with Crippen LogP contribution in [0.15, 0.2) is 0 Å². The highest BCUT2D eigenvalue weighted by atomic mass is 16.5. The third-order valence-electron chi connectivity index (χ3n) is 3.60. The fourth-order valence-corrected chi connectivity index (χ4v) is 2.85. The van der Waals surface area contributed by atoms with Gasteiger partial charge in [0.15, 0.2) is 0 Å². The van der Waals surface area contributed by atoms with Gasteiger partial charge in [-0.1, -0.05) is 12.8 Å². The fourth-order valence-electron chi connectivity index (χ4n) is 2.85. The first-order valence-electron chi connectivity index (χ1n) is 6.86. The normalized spacial score (nSPS) is 32.5. The number of esters is 1. The Bertz CT molecular complexity index is 254. The topological polar surface area (TPSA) is 50.4 Å². The predicted molar refractivity (Wildman–Crippen MR) is 66.6 cm³/mol.